The Morgan fingerprint density at radius 2 is 1.92 bits per heavy atom. The first-order valence-electron chi connectivity index (χ1n) is 7.29. The van der Waals surface area contributed by atoms with Gasteiger partial charge in [-0.3, -0.25) is 0 Å². The van der Waals surface area contributed by atoms with Crippen LogP contribution in [0.3, 0.4) is 0 Å². The predicted molar refractivity (Wildman–Crippen MR) is 86.7 cm³/mol. The van der Waals surface area contributed by atoms with E-state index < -0.39 is 11.6 Å². The molecule has 0 fully saturated rings. The van der Waals surface area contributed by atoms with Crippen molar-refractivity contribution in [2.24, 2.45) is 0 Å². The highest BCUT2D eigenvalue weighted by Gasteiger charge is 2.20. The summed E-state index contributed by atoms with van der Waals surface area (Å²) in [7, 11) is 0. The number of hydrogen-bond acceptors (Lipinski definition) is 7. The normalized spacial score (nSPS) is 11.0. The molecule has 2 aromatic heterocycles. The summed E-state index contributed by atoms with van der Waals surface area (Å²) in [6.07, 6.45) is 0. The van der Waals surface area contributed by atoms with Crippen LogP contribution in [0.25, 0.3) is 11.0 Å². The average molecular weight is 328 g/mol. The van der Waals surface area contributed by atoms with E-state index in [0.29, 0.717) is 16.8 Å². The summed E-state index contributed by atoms with van der Waals surface area (Å²) < 4.78 is 15.2. The van der Waals surface area contributed by atoms with Gasteiger partial charge < -0.3 is 19.4 Å². The summed E-state index contributed by atoms with van der Waals surface area (Å²) in [5.41, 5.74) is 8.57. The van der Waals surface area contributed by atoms with Crippen molar-refractivity contribution in [3.63, 3.8) is 0 Å². The lowest BCUT2D eigenvalue weighted by Crippen LogP contribution is -2.10. The Bertz CT molecular complexity index is 981. The monoisotopic (exact) mass is 328 g/mol. The van der Waals surface area contributed by atoms with Crippen LogP contribution in [0, 0.1) is 20.8 Å². The van der Waals surface area contributed by atoms with Gasteiger partial charge in [-0.25, -0.2) is 9.59 Å². The lowest BCUT2D eigenvalue weighted by molar-refractivity contribution is 0.0474. The molecule has 7 heteroatoms. The number of nitrogen functional groups attached to an aromatic ring is 1. The summed E-state index contributed by atoms with van der Waals surface area (Å²) in [5.74, 6) is -0.752. The Kier molecular flexibility index (Phi) is 3.84. The molecule has 0 aliphatic heterocycles. The van der Waals surface area contributed by atoms with Gasteiger partial charge in [0.2, 0.25) is 5.88 Å². The number of carbonyl (C=O) groups excluding carboxylic acids is 1. The van der Waals surface area contributed by atoms with Gasteiger partial charge in [0.05, 0.1) is 5.69 Å². The van der Waals surface area contributed by atoms with E-state index in [9.17, 15) is 9.59 Å². The zero-order valence-corrected chi connectivity index (χ0v) is 13.5. The Hall–Kier alpha value is -3.09. The van der Waals surface area contributed by atoms with E-state index in [1.165, 1.54) is 6.07 Å². The van der Waals surface area contributed by atoms with Crippen LogP contribution in [0.2, 0.25) is 0 Å². The maximum Gasteiger partial charge on any atom is 0.346 e. The molecule has 0 bridgehead atoms. The lowest BCUT2D eigenvalue weighted by atomic mass is 10.0. The molecule has 0 amide bonds. The molecule has 7 nitrogen and oxygen atoms in total. The van der Waals surface area contributed by atoms with Crippen molar-refractivity contribution in [1.29, 1.82) is 0 Å². The first-order chi connectivity index (χ1) is 11.4. The summed E-state index contributed by atoms with van der Waals surface area (Å²) in [5, 5.41) is 4.33. The number of anilines is 1. The third-order valence-electron chi connectivity index (χ3n) is 3.90. The second-order valence-corrected chi connectivity index (χ2v) is 5.61. The van der Waals surface area contributed by atoms with Gasteiger partial charge in [-0.05, 0) is 44.0 Å². The molecule has 3 rings (SSSR count). The smallest absolute Gasteiger partial charge is 0.346 e. The number of benzene rings is 1. The average Bonchev–Trinajstić information content (AvgIpc) is 2.85. The fourth-order valence-electron chi connectivity index (χ4n) is 2.45. The number of hydrogen-bond donors (Lipinski definition) is 1. The highest BCUT2D eigenvalue weighted by molar-refractivity contribution is 5.95. The SMILES string of the molecule is Cc1cc2oc(=O)cc(COC(=O)c3c(C)noc3N)c2cc1C. The van der Waals surface area contributed by atoms with Crippen molar-refractivity contribution in [3.05, 3.63) is 56.6 Å². The molecule has 0 saturated carbocycles. The second kappa shape index (κ2) is 5.84. The van der Waals surface area contributed by atoms with E-state index >= 15 is 0 Å². The third-order valence-corrected chi connectivity index (χ3v) is 3.90. The van der Waals surface area contributed by atoms with Gasteiger partial charge in [0, 0.05) is 17.0 Å². The minimum absolute atomic E-state index is 0.0898. The van der Waals surface area contributed by atoms with Crippen LogP contribution in [0.4, 0.5) is 5.88 Å². The minimum atomic E-state index is -0.656. The first kappa shape index (κ1) is 15.8. The predicted octanol–water partition coefficient (Wildman–Crippen LogP) is 2.65. The van der Waals surface area contributed by atoms with Crippen molar-refractivity contribution in [3.8, 4) is 0 Å². The minimum Gasteiger partial charge on any atom is -0.457 e. The topological polar surface area (TPSA) is 109 Å². The largest absolute Gasteiger partial charge is 0.457 e. The Morgan fingerprint density at radius 1 is 1.21 bits per heavy atom. The second-order valence-electron chi connectivity index (χ2n) is 5.61. The molecule has 1 aromatic carbocycles. The maximum absolute atomic E-state index is 12.2. The van der Waals surface area contributed by atoms with E-state index in [-0.39, 0.29) is 18.1 Å². The number of carbonyl (C=O) groups is 1. The van der Waals surface area contributed by atoms with E-state index in [4.69, 9.17) is 19.4 Å². The summed E-state index contributed by atoms with van der Waals surface area (Å²) >= 11 is 0. The van der Waals surface area contributed by atoms with E-state index in [2.05, 4.69) is 5.16 Å². The number of ether oxygens (including phenoxy) is 1. The maximum atomic E-state index is 12.2. The number of nitrogens with two attached hydrogens (primary N) is 1. The molecule has 0 spiro atoms. The Balaban J connectivity index is 1.94. The van der Waals surface area contributed by atoms with Crippen LogP contribution >= 0.6 is 0 Å². The molecular weight excluding hydrogens is 312 g/mol. The summed E-state index contributed by atoms with van der Waals surface area (Å²) in [6.45, 7) is 5.39. The molecular formula is C17H16N2O5. The third kappa shape index (κ3) is 2.76. The van der Waals surface area contributed by atoms with Crippen molar-refractivity contribution >= 4 is 22.8 Å². The Morgan fingerprint density at radius 3 is 2.58 bits per heavy atom. The lowest BCUT2D eigenvalue weighted by Gasteiger charge is -2.09. The standard InChI is InChI=1S/C17H16N2O5/c1-8-4-12-11(6-14(20)23-13(12)5-9(8)2)7-22-17(21)15-10(3)19-24-16(15)18/h4-6H,7,18H2,1-3H3. The molecule has 2 N–H and O–H groups in total. The molecule has 0 saturated heterocycles. The highest BCUT2D eigenvalue weighted by Crippen LogP contribution is 2.23. The van der Waals surface area contributed by atoms with Crippen molar-refractivity contribution in [1.82, 2.24) is 5.16 Å². The van der Waals surface area contributed by atoms with Crippen LogP contribution in [-0.4, -0.2) is 11.1 Å². The van der Waals surface area contributed by atoms with E-state index in [1.54, 1.807) is 13.0 Å². The number of fused-ring (bicyclic) bond motifs is 1. The molecule has 24 heavy (non-hydrogen) atoms. The quantitative estimate of drug-likeness (QED) is 0.581. The molecule has 124 valence electrons. The number of rotatable bonds is 3. The fourth-order valence-corrected chi connectivity index (χ4v) is 2.45. The van der Waals surface area contributed by atoms with Crippen LogP contribution in [0.15, 0.2) is 31.9 Å². The molecule has 3 aromatic rings. The van der Waals surface area contributed by atoms with Gasteiger partial charge in [-0.1, -0.05) is 5.16 Å². The number of aromatic nitrogens is 1. The van der Waals surface area contributed by atoms with Crippen molar-refractivity contribution < 1.29 is 18.5 Å². The molecule has 0 aliphatic rings. The van der Waals surface area contributed by atoms with Gasteiger partial charge in [-0.15, -0.1) is 0 Å². The Labute approximate surface area is 137 Å². The van der Waals surface area contributed by atoms with Gasteiger partial charge in [0.15, 0.2) is 0 Å². The molecule has 0 radical (unpaired) electrons. The van der Waals surface area contributed by atoms with Gasteiger partial charge >= 0.3 is 11.6 Å². The summed E-state index contributed by atoms with van der Waals surface area (Å²) in [4.78, 5) is 23.9. The van der Waals surface area contributed by atoms with Crippen LogP contribution in [-0.2, 0) is 11.3 Å². The number of nitrogens with zero attached hydrogens (tertiary/aromatic N) is 1. The van der Waals surface area contributed by atoms with Crippen molar-refractivity contribution in [2.45, 2.75) is 27.4 Å². The molecule has 0 unspecified atom stereocenters. The summed E-state index contributed by atoms with van der Waals surface area (Å²) in [6, 6.07) is 5.00. The molecule has 0 atom stereocenters. The first-order valence-corrected chi connectivity index (χ1v) is 7.29. The fraction of sp³-hybridized carbons (Fsp3) is 0.235. The van der Waals surface area contributed by atoms with E-state index in [1.807, 2.05) is 19.9 Å². The highest BCUT2D eigenvalue weighted by atomic mass is 16.5. The van der Waals surface area contributed by atoms with Gasteiger partial charge in [-0.2, -0.15) is 0 Å². The van der Waals surface area contributed by atoms with Crippen LogP contribution in [0.1, 0.15) is 32.7 Å². The number of aryl methyl sites for hydroxylation is 3. The molecule has 2 heterocycles. The van der Waals surface area contributed by atoms with Crippen molar-refractivity contribution in [2.75, 3.05) is 5.73 Å². The van der Waals surface area contributed by atoms with Gasteiger partial charge in [0.1, 0.15) is 17.8 Å². The number of esters is 1. The van der Waals surface area contributed by atoms with Crippen LogP contribution in [0.5, 0.6) is 0 Å². The zero-order valence-electron chi connectivity index (χ0n) is 13.5. The van der Waals surface area contributed by atoms with E-state index in [0.717, 1.165) is 16.5 Å². The van der Waals surface area contributed by atoms with Crippen LogP contribution < -0.4 is 11.4 Å². The zero-order chi connectivity index (χ0) is 17.4. The molecule has 0 aliphatic carbocycles. The van der Waals surface area contributed by atoms with Gasteiger partial charge in [0.25, 0.3) is 0 Å².